The largest absolute Gasteiger partial charge is 0.658 e. The Kier molecular flexibility index (Phi) is 5.09. The molecular formula is C17H13N3OPS2-. The Bertz CT molecular complexity index is 833. The number of hydrogen-bond acceptors (Lipinski definition) is 5. The van der Waals surface area contributed by atoms with E-state index in [2.05, 4.69) is 9.97 Å². The zero-order chi connectivity index (χ0) is 17.0. The first-order chi connectivity index (χ1) is 11.6. The fourth-order valence-electron chi connectivity index (χ4n) is 2.25. The molecule has 24 heavy (non-hydrogen) atoms. The topological polar surface area (TPSA) is 46.1 Å². The first-order valence-electron chi connectivity index (χ1n) is 7.13. The molecule has 0 N–H and O–H groups in total. The average molecular weight is 370 g/mol. The van der Waals surface area contributed by atoms with Gasteiger partial charge in [0, 0.05) is 23.0 Å². The molecule has 2 aromatic carbocycles. The van der Waals surface area contributed by atoms with Crippen LogP contribution in [0.3, 0.4) is 0 Å². The van der Waals surface area contributed by atoms with Crippen LogP contribution in [0, 0.1) is 0 Å². The van der Waals surface area contributed by atoms with Crippen molar-refractivity contribution < 1.29 is 4.79 Å². The molecule has 0 unspecified atom stereocenters. The summed E-state index contributed by atoms with van der Waals surface area (Å²) in [5, 5.41) is 1.72. The minimum atomic E-state index is -2.67. The van der Waals surface area contributed by atoms with Crippen LogP contribution in [-0.4, -0.2) is 20.0 Å². The Balaban J connectivity index is 2.12. The summed E-state index contributed by atoms with van der Waals surface area (Å²) >= 11 is 11.5. The van der Waals surface area contributed by atoms with Gasteiger partial charge in [0.15, 0.2) is 0 Å². The van der Waals surface area contributed by atoms with E-state index in [-0.39, 0.29) is 5.69 Å². The minimum absolute atomic E-state index is 0.189. The summed E-state index contributed by atoms with van der Waals surface area (Å²) in [6.07, 6.45) is 1.70. The quantitative estimate of drug-likeness (QED) is 0.521. The molecule has 1 aromatic heterocycles. The van der Waals surface area contributed by atoms with Crippen molar-refractivity contribution in [2.75, 3.05) is 0 Å². The SMILES string of the molecule is O=C(c1cnccn1)N([S-])P(=S)(c1ccccc1)c1ccccc1. The Morgan fingerprint density at radius 2 is 1.50 bits per heavy atom. The lowest BCUT2D eigenvalue weighted by atomic mass is 10.4. The lowest BCUT2D eigenvalue weighted by molar-refractivity contribution is 0.0926. The highest BCUT2D eigenvalue weighted by atomic mass is 32.4. The molecule has 0 saturated heterocycles. The van der Waals surface area contributed by atoms with E-state index < -0.39 is 12.1 Å². The minimum Gasteiger partial charge on any atom is -0.658 e. The first-order valence-corrected chi connectivity index (χ1v) is 10.3. The van der Waals surface area contributed by atoms with Crippen LogP contribution in [0.25, 0.3) is 0 Å². The van der Waals surface area contributed by atoms with Crippen LogP contribution in [-0.2, 0) is 24.6 Å². The molecule has 0 bridgehead atoms. The monoisotopic (exact) mass is 370 g/mol. The summed E-state index contributed by atoms with van der Waals surface area (Å²) in [7, 11) is 0. The zero-order valence-electron chi connectivity index (χ0n) is 12.5. The van der Waals surface area contributed by atoms with E-state index in [4.69, 9.17) is 24.6 Å². The van der Waals surface area contributed by atoms with Crippen molar-refractivity contribution in [2.24, 2.45) is 0 Å². The van der Waals surface area contributed by atoms with Crippen molar-refractivity contribution in [1.82, 2.24) is 14.0 Å². The second-order valence-electron chi connectivity index (χ2n) is 4.92. The first kappa shape index (κ1) is 16.8. The van der Waals surface area contributed by atoms with E-state index in [0.29, 0.717) is 0 Å². The molecule has 0 aliphatic rings. The van der Waals surface area contributed by atoms with E-state index in [1.54, 1.807) is 0 Å². The number of nitrogens with zero attached hydrogens (tertiary/aromatic N) is 3. The molecule has 0 radical (unpaired) electrons. The van der Waals surface area contributed by atoms with E-state index in [1.807, 2.05) is 60.7 Å². The Morgan fingerprint density at radius 3 is 1.96 bits per heavy atom. The molecule has 1 amide bonds. The summed E-state index contributed by atoms with van der Waals surface area (Å²) in [4.78, 5) is 20.8. The molecule has 3 rings (SSSR count). The van der Waals surface area contributed by atoms with Crippen LogP contribution >= 0.6 is 6.19 Å². The second kappa shape index (κ2) is 7.26. The van der Waals surface area contributed by atoms with Crippen molar-refractivity contribution in [3.05, 3.63) is 84.9 Å². The predicted octanol–water partition coefficient (Wildman–Crippen LogP) is 2.43. The maximum atomic E-state index is 12.8. The molecular weight excluding hydrogens is 357 g/mol. The Hall–Kier alpha value is -2.01. The van der Waals surface area contributed by atoms with Crippen molar-refractivity contribution in [1.29, 1.82) is 0 Å². The summed E-state index contributed by atoms with van der Waals surface area (Å²) < 4.78 is 1.23. The molecule has 0 aliphatic carbocycles. The fraction of sp³-hybridized carbons (Fsp3) is 0. The van der Waals surface area contributed by atoms with Gasteiger partial charge in [-0.3, -0.25) is 9.78 Å². The summed E-state index contributed by atoms with van der Waals surface area (Å²) in [5.74, 6) is -0.408. The number of benzene rings is 2. The third-order valence-electron chi connectivity index (χ3n) is 3.42. The van der Waals surface area contributed by atoms with Gasteiger partial charge in [-0.15, -0.1) is 0 Å². The van der Waals surface area contributed by atoms with Gasteiger partial charge in [-0.1, -0.05) is 72.5 Å². The average Bonchev–Trinajstić information content (AvgIpc) is 2.68. The van der Waals surface area contributed by atoms with Gasteiger partial charge in [0.25, 0.3) is 5.91 Å². The van der Waals surface area contributed by atoms with Crippen LogP contribution in [0.2, 0.25) is 0 Å². The molecule has 0 fully saturated rings. The standard InChI is InChI=1S/C17H13N3OPS2/c21-17(16-13-18-11-12-19-16)20(23)22(24,14-7-3-1-4-8-14)15-9-5-2-6-10-15/h1-13H/q-1. The highest BCUT2D eigenvalue weighted by molar-refractivity contribution is 8.22. The summed E-state index contributed by atoms with van der Waals surface area (Å²) in [6.45, 7) is 0. The van der Waals surface area contributed by atoms with Crippen molar-refractivity contribution in [3.8, 4) is 0 Å². The van der Waals surface area contributed by atoms with E-state index in [9.17, 15) is 4.79 Å². The van der Waals surface area contributed by atoms with Crippen molar-refractivity contribution in [3.63, 3.8) is 0 Å². The van der Waals surface area contributed by atoms with Gasteiger partial charge in [0.05, 0.1) is 12.4 Å². The number of hydrogen-bond donors (Lipinski definition) is 0. The predicted molar refractivity (Wildman–Crippen MR) is 102 cm³/mol. The smallest absolute Gasteiger partial charge is 0.256 e. The number of carbonyl (C=O) groups excluding carboxylic acids is 1. The molecule has 3 aromatic rings. The lowest BCUT2D eigenvalue weighted by Gasteiger charge is -2.41. The van der Waals surface area contributed by atoms with Crippen LogP contribution in [0.1, 0.15) is 10.5 Å². The maximum absolute atomic E-state index is 12.8. The normalized spacial score (nSPS) is 11.0. The van der Waals surface area contributed by atoms with Crippen LogP contribution < -0.4 is 10.6 Å². The van der Waals surface area contributed by atoms with Gasteiger partial charge < -0.3 is 16.9 Å². The molecule has 1 heterocycles. The van der Waals surface area contributed by atoms with Gasteiger partial charge in [-0.2, -0.15) is 0 Å². The lowest BCUT2D eigenvalue weighted by Crippen LogP contribution is -2.33. The highest BCUT2D eigenvalue weighted by Crippen LogP contribution is 2.47. The van der Waals surface area contributed by atoms with Gasteiger partial charge in [0.2, 0.25) is 0 Å². The molecule has 120 valence electrons. The molecule has 0 saturated carbocycles. The van der Waals surface area contributed by atoms with Crippen LogP contribution in [0.4, 0.5) is 0 Å². The summed E-state index contributed by atoms with van der Waals surface area (Å²) in [6, 6.07) is 19.1. The third-order valence-corrected chi connectivity index (χ3v) is 9.08. The second-order valence-corrected chi connectivity index (χ2v) is 9.72. The van der Waals surface area contributed by atoms with Gasteiger partial charge in [-0.25, -0.2) is 4.98 Å². The van der Waals surface area contributed by atoms with Crippen molar-refractivity contribution >= 4 is 47.3 Å². The summed E-state index contributed by atoms with van der Waals surface area (Å²) in [5.41, 5.74) is 0.189. The van der Waals surface area contributed by atoms with E-state index in [0.717, 1.165) is 10.6 Å². The Morgan fingerprint density at radius 1 is 0.958 bits per heavy atom. The highest BCUT2D eigenvalue weighted by Gasteiger charge is 2.27. The van der Waals surface area contributed by atoms with E-state index in [1.165, 1.54) is 22.7 Å². The van der Waals surface area contributed by atoms with Crippen LogP contribution in [0.5, 0.6) is 0 Å². The van der Waals surface area contributed by atoms with Gasteiger partial charge in [-0.05, 0) is 0 Å². The zero-order valence-corrected chi connectivity index (χ0v) is 15.0. The maximum Gasteiger partial charge on any atom is 0.256 e. The van der Waals surface area contributed by atoms with Crippen LogP contribution in [0.15, 0.2) is 79.3 Å². The molecule has 0 aliphatic heterocycles. The fourth-order valence-corrected chi connectivity index (χ4v) is 6.09. The number of amides is 1. The van der Waals surface area contributed by atoms with Gasteiger partial charge in [0.1, 0.15) is 5.69 Å². The molecule has 0 spiro atoms. The van der Waals surface area contributed by atoms with Gasteiger partial charge >= 0.3 is 0 Å². The number of carbonyl (C=O) groups is 1. The van der Waals surface area contributed by atoms with E-state index >= 15 is 0 Å². The third kappa shape index (κ3) is 3.13. The van der Waals surface area contributed by atoms with Crippen molar-refractivity contribution in [2.45, 2.75) is 0 Å². The number of rotatable bonds is 4. The number of aromatic nitrogens is 2. The molecule has 4 nitrogen and oxygen atoms in total. The molecule has 0 atom stereocenters. The molecule has 7 heteroatoms. The Labute approximate surface area is 151 Å².